The standard InChI is InChI=1S/C14H20N2O2/c1-3-10-4-5-11(8-13(10)15)16-14(17)12-6-7-18-9(12)2/h4-5,8-9,12H,3,6-7,15H2,1-2H3,(H,16,17). The summed E-state index contributed by atoms with van der Waals surface area (Å²) in [6, 6.07) is 5.67. The van der Waals surface area contributed by atoms with E-state index in [4.69, 9.17) is 10.5 Å². The summed E-state index contributed by atoms with van der Waals surface area (Å²) in [5.74, 6) is -0.0410. The molecule has 3 N–H and O–H groups in total. The van der Waals surface area contributed by atoms with E-state index in [2.05, 4.69) is 12.2 Å². The third-order valence-corrected chi connectivity index (χ3v) is 3.51. The van der Waals surface area contributed by atoms with Crippen molar-refractivity contribution >= 4 is 17.3 Å². The van der Waals surface area contributed by atoms with Gasteiger partial charge in [-0.15, -0.1) is 0 Å². The van der Waals surface area contributed by atoms with Gasteiger partial charge in [-0.25, -0.2) is 0 Å². The number of nitrogens with one attached hydrogen (secondary N) is 1. The number of hydrogen-bond donors (Lipinski definition) is 2. The summed E-state index contributed by atoms with van der Waals surface area (Å²) < 4.78 is 5.40. The number of nitrogen functional groups attached to an aromatic ring is 1. The number of carbonyl (C=O) groups excluding carboxylic acids is 1. The second-order valence-corrected chi connectivity index (χ2v) is 4.73. The average Bonchev–Trinajstić information content (AvgIpc) is 2.76. The van der Waals surface area contributed by atoms with Crippen LogP contribution < -0.4 is 11.1 Å². The molecule has 4 nitrogen and oxygen atoms in total. The van der Waals surface area contributed by atoms with E-state index in [-0.39, 0.29) is 17.9 Å². The van der Waals surface area contributed by atoms with Crippen molar-refractivity contribution in [3.63, 3.8) is 0 Å². The van der Waals surface area contributed by atoms with Gasteiger partial charge >= 0.3 is 0 Å². The van der Waals surface area contributed by atoms with Crippen molar-refractivity contribution in [2.24, 2.45) is 5.92 Å². The number of aryl methyl sites for hydroxylation is 1. The molecule has 0 radical (unpaired) electrons. The SMILES string of the molecule is CCc1ccc(NC(=O)C2CCOC2C)cc1N. The van der Waals surface area contributed by atoms with E-state index in [9.17, 15) is 4.79 Å². The molecule has 0 aliphatic carbocycles. The molecule has 0 aromatic heterocycles. The van der Waals surface area contributed by atoms with Crippen LogP contribution >= 0.6 is 0 Å². The van der Waals surface area contributed by atoms with E-state index in [1.165, 1.54) is 0 Å². The van der Waals surface area contributed by atoms with Gasteiger partial charge in [-0.1, -0.05) is 13.0 Å². The zero-order valence-corrected chi connectivity index (χ0v) is 10.9. The van der Waals surface area contributed by atoms with E-state index < -0.39 is 0 Å². The number of ether oxygens (including phenoxy) is 1. The third-order valence-electron chi connectivity index (χ3n) is 3.51. The molecule has 98 valence electrons. The molecular weight excluding hydrogens is 228 g/mol. The van der Waals surface area contributed by atoms with Gasteiger partial charge in [-0.3, -0.25) is 4.79 Å². The Morgan fingerprint density at radius 3 is 2.89 bits per heavy atom. The third kappa shape index (κ3) is 2.64. The van der Waals surface area contributed by atoms with Crippen molar-refractivity contribution in [2.75, 3.05) is 17.7 Å². The summed E-state index contributed by atoms with van der Waals surface area (Å²) in [5, 5.41) is 2.91. The van der Waals surface area contributed by atoms with Crippen LogP contribution in [0.25, 0.3) is 0 Å². The first-order valence-electron chi connectivity index (χ1n) is 6.42. The van der Waals surface area contributed by atoms with Crippen molar-refractivity contribution in [3.05, 3.63) is 23.8 Å². The molecule has 1 aromatic carbocycles. The van der Waals surface area contributed by atoms with Crippen LogP contribution in [-0.2, 0) is 16.0 Å². The molecule has 2 rings (SSSR count). The fourth-order valence-electron chi connectivity index (χ4n) is 2.31. The molecular formula is C14H20N2O2. The van der Waals surface area contributed by atoms with Crippen LogP contribution in [0.4, 0.5) is 11.4 Å². The smallest absolute Gasteiger partial charge is 0.230 e. The molecule has 1 aromatic rings. The van der Waals surface area contributed by atoms with Crippen LogP contribution in [0.3, 0.4) is 0 Å². The molecule has 0 saturated carbocycles. The highest BCUT2D eigenvalue weighted by Gasteiger charge is 2.30. The lowest BCUT2D eigenvalue weighted by Crippen LogP contribution is -2.27. The maximum atomic E-state index is 12.1. The zero-order chi connectivity index (χ0) is 13.1. The molecule has 1 saturated heterocycles. The topological polar surface area (TPSA) is 64.3 Å². The molecule has 1 heterocycles. The predicted molar refractivity (Wildman–Crippen MR) is 72.4 cm³/mol. The Bertz CT molecular complexity index is 445. The van der Waals surface area contributed by atoms with Crippen molar-refractivity contribution < 1.29 is 9.53 Å². The minimum atomic E-state index is -0.0583. The van der Waals surface area contributed by atoms with Crippen molar-refractivity contribution in [1.82, 2.24) is 0 Å². The number of anilines is 2. The first-order chi connectivity index (χ1) is 8.61. The van der Waals surface area contributed by atoms with Gasteiger partial charge in [0.05, 0.1) is 12.0 Å². The Kier molecular flexibility index (Phi) is 3.87. The second-order valence-electron chi connectivity index (χ2n) is 4.73. The molecule has 1 aliphatic rings. The second kappa shape index (κ2) is 5.40. The Morgan fingerprint density at radius 1 is 1.56 bits per heavy atom. The van der Waals surface area contributed by atoms with Gasteiger partial charge in [0.2, 0.25) is 5.91 Å². The summed E-state index contributed by atoms with van der Waals surface area (Å²) >= 11 is 0. The van der Waals surface area contributed by atoms with Crippen LogP contribution in [0.1, 0.15) is 25.8 Å². The van der Waals surface area contributed by atoms with Gasteiger partial charge in [0.1, 0.15) is 0 Å². The Morgan fingerprint density at radius 2 is 2.33 bits per heavy atom. The molecule has 18 heavy (non-hydrogen) atoms. The summed E-state index contributed by atoms with van der Waals surface area (Å²) in [7, 11) is 0. The van der Waals surface area contributed by atoms with Gasteiger partial charge in [0.15, 0.2) is 0 Å². The molecule has 4 heteroatoms. The van der Waals surface area contributed by atoms with Crippen LogP contribution in [0.2, 0.25) is 0 Å². The van der Waals surface area contributed by atoms with E-state index >= 15 is 0 Å². The Labute approximate surface area is 108 Å². The number of hydrogen-bond acceptors (Lipinski definition) is 3. The van der Waals surface area contributed by atoms with Crippen molar-refractivity contribution in [2.45, 2.75) is 32.8 Å². The Balaban J connectivity index is 2.05. The van der Waals surface area contributed by atoms with E-state index in [1.807, 2.05) is 25.1 Å². The van der Waals surface area contributed by atoms with Crippen LogP contribution in [-0.4, -0.2) is 18.6 Å². The van der Waals surface area contributed by atoms with Crippen molar-refractivity contribution in [1.29, 1.82) is 0 Å². The highest BCUT2D eigenvalue weighted by atomic mass is 16.5. The summed E-state index contributed by atoms with van der Waals surface area (Å²) in [6.45, 7) is 4.66. The van der Waals surface area contributed by atoms with Gasteiger partial charge in [-0.05, 0) is 37.5 Å². The van der Waals surface area contributed by atoms with Crippen molar-refractivity contribution in [3.8, 4) is 0 Å². The maximum absolute atomic E-state index is 12.1. The molecule has 0 spiro atoms. The fourth-order valence-corrected chi connectivity index (χ4v) is 2.31. The summed E-state index contributed by atoms with van der Waals surface area (Å²) in [5.41, 5.74) is 8.50. The minimum Gasteiger partial charge on any atom is -0.398 e. The molecule has 1 amide bonds. The van der Waals surface area contributed by atoms with Crippen LogP contribution in [0.5, 0.6) is 0 Å². The van der Waals surface area contributed by atoms with Gasteiger partial charge in [-0.2, -0.15) is 0 Å². The first kappa shape index (κ1) is 12.9. The van der Waals surface area contributed by atoms with Gasteiger partial charge in [0.25, 0.3) is 0 Å². The predicted octanol–water partition coefficient (Wildman–Crippen LogP) is 2.19. The van der Waals surface area contributed by atoms with E-state index in [0.29, 0.717) is 6.61 Å². The summed E-state index contributed by atoms with van der Waals surface area (Å²) in [6.07, 6.45) is 1.68. The minimum absolute atomic E-state index is 0.00254. The van der Waals surface area contributed by atoms with Gasteiger partial charge in [0, 0.05) is 18.0 Å². The summed E-state index contributed by atoms with van der Waals surface area (Å²) in [4.78, 5) is 12.1. The lowest BCUT2D eigenvalue weighted by molar-refractivity contribution is -0.121. The fraction of sp³-hybridized carbons (Fsp3) is 0.500. The molecule has 2 atom stereocenters. The van der Waals surface area contributed by atoms with E-state index in [1.54, 1.807) is 0 Å². The Hall–Kier alpha value is -1.55. The zero-order valence-electron chi connectivity index (χ0n) is 10.9. The molecule has 1 fully saturated rings. The lowest BCUT2D eigenvalue weighted by Gasteiger charge is -2.14. The van der Waals surface area contributed by atoms with Gasteiger partial charge < -0.3 is 15.8 Å². The molecule has 1 aliphatic heterocycles. The monoisotopic (exact) mass is 248 g/mol. The largest absolute Gasteiger partial charge is 0.398 e. The lowest BCUT2D eigenvalue weighted by atomic mass is 10.0. The number of amides is 1. The molecule has 2 unspecified atom stereocenters. The number of benzene rings is 1. The number of nitrogens with two attached hydrogens (primary N) is 1. The highest BCUT2D eigenvalue weighted by molar-refractivity contribution is 5.93. The first-order valence-corrected chi connectivity index (χ1v) is 6.42. The van der Waals surface area contributed by atoms with Crippen LogP contribution in [0, 0.1) is 5.92 Å². The highest BCUT2D eigenvalue weighted by Crippen LogP contribution is 2.24. The molecule has 0 bridgehead atoms. The number of rotatable bonds is 3. The van der Waals surface area contributed by atoms with Crippen LogP contribution in [0.15, 0.2) is 18.2 Å². The number of carbonyl (C=O) groups is 1. The van der Waals surface area contributed by atoms with E-state index in [0.717, 1.165) is 29.8 Å². The normalized spacial score (nSPS) is 23.0. The average molecular weight is 248 g/mol. The quantitative estimate of drug-likeness (QED) is 0.806. The maximum Gasteiger partial charge on any atom is 0.230 e.